The van der Waals surface area contributed by atoms with Gasteiger partial charge in [-0.15, -0.1) is 0 Å². The lowest BCUT2D eigenvalue weighted by Gasteiger charge is -2.13. The molecule has 0 atom stereocenters. The normalized spacial score (nSPS) is 15.4. The molecule has 1 saturated heterocycles. The Morgan fingerprint density at radius 2 is 1.66 bits per heavy atom. The molecule has 0 unspecified atom stereocenters. The lowest BCUT2D eigenvalue weighted by Crippen LogP contribution is -2.27. The number of hydrogen-bond donors (Lipinski definition) is 0. The van der Waals surface area contributed by atoms with E-state index in [0.717, 1.165) is 16.7 Å². The maximum absolute atomic E-state index is 12.8. The van der Waals surface area contributed by atoms with Gasteiger partial charge in [-0.1, -0.05) is 60.1 Å². The summed E-state index contributed by atoms with van der Waals surface area (Å²) < 4.78 is 30.1. The Hall–Kier alpha value is -3.07. The van der Waals surface area contributed by atoms with Crippen LogP contribution in [0.4, 0.5) is 4.79 Å². The van der Waals surface area contributed by atoms with Crippen LogP contribution in [0.3, 0.4) is 0 Å². The number of imide groups is 1. The van der Waals surface area contributed by atoms with E-state index >= 15 is 0 Å². The quantitative estimate of drug-likeness (QED) is 0.346. The van der Waals surface area contributed by atoms with E-state index < -0.39 is 21.3 Å². The number of rotatable bonds is 6. The second kappa shape index (κ2) is 9.20. The molecule has 1 heterocycles. The molecule has 4 rings (SSSR count). The fourth-order valence-corrected chi connectivity index (χ4v) is 4.98. The monoisotopic (exact) mass is 485 g/mol. The van der Waals surface area contributed by atoms with Gasteiger partial charge in [0.05, 0.1) is 11.4 Å². The summed E-state index contributed by atoms with van der Waals surface area (Å²) in [5.74, 6) is -0.346. The molecule has 3 aromatic rings. The average Bonchev–Trinajstić information content (AvgIpc) is 3.03. The summed E-state index contributed by atoms with van der Waals surface area (Å²) in [4.78, 5) is 26.6. The lowest BCUT2D eigenvalue weighted by molar-refractivity contribution is -0.123. The van der Waals surface area contributed by atoms with E-state index in [9.17, 15) is 18.0 Å². The second-order valence-corrected chi connectivity index (χ2v) is 9.73. The van der Waals surface area contributed by atoms with Crippen LogP contribution in [0, 0.1) is 0 Å². The minimum atomic E-state index is -3.99. The van der Waals surface area contributed by atoms with Crippen molar-refractivity contribution in [1.29, 1.82) is 0 Å². The first-order valence-electron chi connectivity index (χ1n) is 9.42. The largest absolute Gasteiger partial charge is 0.379 e. The van der Waals surface area contributed by atoms with Crippen molar-refractivity contribution in [2.45, 2.75) is 11.4 Å². The fraction of sp³-hybridized carbons (Fsp3) is 0.0435. The molecule has 3 aromatic carbocycles. The Kier molecular flexibility index (Phi) is 6.36. The molecule has 0 radical (unpaired) electrons. The Labute approximate surface area is 194 Å². The minimum Gasteiger partial charge on any atom is -0.379 e. The summed E-state index contributed by atoms with van der Waals surface area (Å²) >= 11 is 6.96. The first-order chi connectivity index (χ1) is 15.3. The molecule has 0 N–H and O–H groups in total. The SMILES string of the molecule is O=C1S/C(=C\c2cccc(OS(=O)(=O)c3ccccc3)c2)C(=O)N1Cc1ccccc1Cl. The van der Waals surface area contributed by atoms with Crippen LogP contribution in [0.1, 0.15) is 11.1 Å². The molecule has 1 aliphatic heterocycles. The third-order valence-electron chi connectivity index (χ3n) is 4.55. The lowest BCUT2D eigenvalue weighted by atomic mass is 10.2. The van der Waals surface area contributed by atoms with Gasteiger partial charge in [-0.2, -0.15) is 8.42 Å². The third kappa shape index (κ3) is 4.88. The fourth-order valence-electron chi connectivity index (χ4n) is 3.00. The summed E-state index contributed by atoms with van der Waals surface area (Å²) in [7, 11) is -3.99. The number of hydrogen-bond acceptors (Lipinski definition) is 6. The van der Waals surface area contributed by atoms with Gasteiger partial charge in [0.15, 0.2) is 0 Å². The molecule has 32 heavy (non-hydrogen) atoms. The third-order valence-corrected chi connectivity index (χ3v) is 7.09. The number of thioether (sulfide) groups is 1. The van der Waals surface area contributed by atoms with E-state index in [2.05, 4.69) is 0 Å². The van der Waals surface area contributed by atoms with Crippen LogP contribution in [-0.2, 0) is 21.5 Å². The molecule has 1 aliphatic rings. The van der Waals surface area contributed by atoms with Crippen molar-refractivity contribution in [3.63, 3.8) is 0 Å². The molecule has 162 valence electrons. The van der Waals surface area contributed by atoms with E-state index in [1.807, 2.05) is 0 Å². The zero-order chi connectivity index (χ0) is 22.7. The van der Waals surface area contributed by atoms with Crippen LogP contribution in [-0.4, -0.2) is 24.5 Å². The molecular weight excluding hydrogens is 470 g/mol. The van der Waals surface area contributed by atoms with Gasteiger partial charge < -0.3 is 4.18 Å². The molecule has 0 bridgehead atoms. The van der Waals surface area contributed by atoms with Crippen molar-refractivity contribution in [2.24, 2.45) is 0 Å². The summed E-state index contributed by atoms with van der Waals surface area (Å²) in [6.07, 6.45) is 1.53. The van der Waals surface area contributed by atoms with Crippen LogP contribution in [0.5, 0.6) is 5.75 Å². The summed E-state index contributed by atoms with van der Waals surface area (Å²) in [6, 6.07) is 21.1. The van der Waals surface area contributed by atoms with Gasteiger partial charge in [-0.25, -0.2) is 0 Å². The highest BCUT2D eigenvalue weighted by molar-refractivity contribution is 8.18. The zero-order valence-electron chi connectivity index (χ0n) is 16.5. The van der Waals surface area contributed by atoms with Gasteiger partial charge in [0.1, 0.15) is 10.6 Å². The number of amides is 2. The number of carbonyl (C=O) groups excluding carboxylic acids is 2. The maximum Gasteiger partial charge on any atom is 0.339 e. The standard InChI is InChI=1S/C23H16ClNO5S2/c24-20-12-5-4-8-17(20)15-25-22(26)21(31-23(25)27)14-16-7-6-9-18(13-16)30-32(28,29)19-10-2-1-3-11-19/h1-14H,15H2/b21-14-. The van der Waals surface area contributed by atoms with E-state index in [1.165, 1.54) is 30.3 Å². The van der Waals surface area contributed by atoms with E-state index in [0.29, 0.717) is 16.1 Å². The first kappa shape index (κ1) is 22.1. The minimum absolute atomic E-state index is 0.0334. The summed E-state index contributed by atoms with van der Waals surface area (Å²) in [5.41, 5.74) is 1.19. The Morgan fingerprint density at radius 1 is 0.938 bits per heavy atom. The van der Waals surface area contributed by atoms with Crippen molar-refractivity contribution in [3.8, 4) is 5.75 Å². The first-order valence-corrected chi connectivity index (χ1v) is 12.0. The second-order valence-electron chi connectivity index (χ2n) is 6.78. The summed E-state index contributed by atoms with van der Waals surface area (Å²) in [5, 5.41) is 0.0697. The van der Waals surface area contributed by atoms with E-state index in [4.69, 9.17) is 15.8 Å². The van der Waals surface area contributed by atoms with Crippen molar-refractivity contribution >= 4 is 50.7 Å². The van der Waals surface area contributed by atoms with Gasteiger partial charge in [-0.3, -0.25) is 14.5 Å². The highest BCUT2D eigenvalue weighted by Gasteiger charge is 2.35. The Morgan fingerprint density at radius 3 is 2.41 bits per heavy atom. The Bertz CT molecular complexity index is 1320. The van der Waals surface area contributed by atoms with Crippen LogP contribution in [0.2, 0.25) is 5.02 Å². The van der Waals surface area contributed by atoms with Gasteiger partial charge in [0.25, 0.3) is 11.1 Å². The molecule has 0 spiro atoms. The van der Waals surface area contributed by atoms with E-state index in [1.54, 1.807) is 54.6 Å². The number of halogens is 1. The predicted molar refractivity (Wildman–Crippen MR) is 124 cm³/mol. The number of benzene rings is 3. The van der Waals surface area contributed by atoms with E-state index in [-0.39, 0.29) is 22.1 Å². The molecule has 9 heteroatoms. The predicted octanol–water partition coefficient (Wildman–Crippen LogP) is 5.34. The maximum atomic E-state index is 12.8. The van der Waals surface area contributed by atoms with Crippen LogP contribution < -0.4 is 4.18 Å². The van der Waals surface area contributed by atoms with Crippen molar-refractivity contribution < 1.29 is 22.2 Å². The topological polar surface area (TPSA) is 80.8 Å². The molecular formula is C23H16ClNO5S2. The molecule has 2 amide bonds. The van der Waals surface area contributed by atoms with Crippen LogP contribution >= 0.6 is 23.4 Å². The molecule has 0 aromatic heterocycles. The highest BCUT2D eigenvalue weighted by Crippen LogP contribution is 2.34. The molecule has 1 fully saturated rings. The molecule has 6 nitrogen and oxygen atoms in total. The van der Waals surface area contributed by atoms with Crippen molar-refractivity contribution in [1.82, 2.24) is 4.90 Å². The Balaban J connectivity index is 1.54. The van der Waals surface area contributed by atoms with Crippen molar-refractivity contribution in [2.75, 3.05) is 0 Å². The average molecular weight is 486 g/mol. The highest BCUT2D eigenvalue weighted by atomic mass is 35.5. The smallest absolute Gasteiger partial charge is 0.339 e. The number of carbonyl (C=O) groups is 2. The molecule has 0 aliphatic carbocycles. The van der Waals surface area contributed by atoms with Gasteiger partial charge in [0, 0.05) is 5.02 Å². The van der Waals surface area contributed by atoms with Crippen LogP contribution in [0.25, 0.3) is 6.08 Å². The zero-order valence-corrected chi connectivity index (χ0v) is 18.9. The number of nitrogens with zero attached hydrogens (tertiary/aromatic N) is 1. The van der Waals surface area contributed by atoms with Crippen LogP contribution in [0.15, 0.2) is 88.7 Å². The van der Waals surface area contributed by atoms with Gasteiger partial charge in [0.2, 0.25) is 0 Å². The summed E-state index contributed by atoms with van der Waals surface area (Å²) in [6.45, 7) is 0.0696. The molecule has 0 saturated carbocycles. The van der Waals surface area contributed by atoms with Crippen molar-refractivity contribution in [3.05, 3.63) is 99.9 Å². The van der Waals surface area contributed by atoms with Gasteiger partial charge in [-0.05, 0) is 59.3 Å². The van der Waals surface area contributed by atoms with Gasteiger partial charge >= 0.3 is 10.1 Å².